The van der Waals surface area contributed by atoms with E-state index in [1.165, 1.54) is 51.4 Å². The van der Waals surface area contributed by atoms with Gasteiger partial charge in [0.15, 0.2) is 3.79 Å². The maximum absolute atomic E-state index is 5.67. The summed E-state index contributed by atoms with van der Waals surface area (Å²) in [6, 6.07) is 1.14. The van der Waals surface area contributed by atoms with Gasteiger partial charge >= 0.3 is 0 Å². The van der Waals surface area contributed by atoms with Crippen LogP contribution in [-0.4, -0.2) is 14.0 Å². The second-order valence-corrected chi connectivity index (χ2v) is 7.31. The summed E-state index contributed by atoms with van der Waals surface area (Å²) in [6.45, 7) is 0. The fourth-order valence-corrected chi connectivity index (χ4v) is 2.34. The molecule has 0 rings (SSSR count). The van der Waals surface area contributed by atoms with Crippen LogP contribution in [0, 0.1) is 0 Å². The van der Waals surface area contributed by atoms with Crippen molar-refractivity contribution >= 4 is 45.0 Å². The standard InChI is InChI=1S/C12H22Cl3Si/c13-12(14,15)10-8-6-4-2-1-3-5-7-9-11-16/h1-11H2. The Morgan fingerprint density at radius 1 is 0.625 bits per heavy atom. The molecule has 0 aromatic rings. The fourth-order valence-electron chi connectivity index (χ4n) is 1.69. The Kier molecular flexibility index (Phi) is 12.0. The zero-order chi connectivity index (χ0) is 12.3. The van der Waals surface area contributed by atoms with Gasteiger partial charge in [0.1, 0.15) is 0 Å². The maximum Gasteiger partial charge on any atom is 0.190 e. The van der Waals surface area contributed by atoms with Gasteiger partial charge in [-0.1, -0.05) is 92.2 Å². The van der Waals surface area contributed by atoms with Crippen molar-refractivity contribution < 1.29 is 0 Å². The molecule has 16 heavy (non-hydrogen) atoms. The molecule has 0 saturated heterocycles. The van der Waals surface area contributed by atoms with Gasteiger partial charge in [0.25, 0.3) is 0 Å². The number of hydrogen-bond acceptors (Lipinski definition) is 0. The molecule has 0 nitrogen and oxygen atoms in total. The Hall–Kier alpha value is 1.09. The van der Waals surface area contributed by atoms with Gasteiger partial charge in [0, 0.05) is 10.2 Å². The molecular weight excluding hydrogens is 279 g/mol. The van der Waals surface area contributed by atoms with Gasteiger partial charge in [-0.25, -0.2) is 0 Å². The molecule has 0 aliphatic carbocycles. The highest BCUT2D eigenvalue weighted by Crippen LogP contribution is 2.32. The molecule has 4 heteroatoms. The predicted octanol–water partition coefficient (Wildman–Crippen LogP) is 5.84. The molecule has 3 radical (unpaired) electrons. The van der Waals surface area contributed by atoms with Gasteiger partial charge in [0.05, 0.1) is 0 Å². The highest BCUT2D eigenvalue weighted by molar-refractivity contribution is 6.67. The topological polar surface area (TPSA) is 0 Å². The van der Waals surface area contributed by atoms with Crippen LogP contribution in [0.1, 0.15) is 64.2 Å². The van der Waals surface area contributed by atoms with Crippen LogP contribution in [0.2, 0.25) is 6.04 Å². The van der Waals surface area contributed by atoms with Gasteiger partial charge in [-0.05, 0) is 12.8 Å². The molecule has 0 amide bonds. The molecule has 0 aliphatic heterocycles. The Morgan fingerprint density at radius 2 is 1.00 bits per heavy atom. The number of hydrogen-bond donors (Lipinski definition) is 0. The third kappa shape index (κ3) is 15.1. The first kappa shape index (κ1) is 17.1. The zero-order valence-electron chi connectivity index (χ0n) is 9.91. The van der Waals surface area contributed by atoms with Crippen LogP contribution in [0.15, 0.2) is 0 Å². The van der Waals surface area contributed by atoms with E-state index in [1.807, 2.05) is 0 Å². The normalized spacial score (nSPS) is 12.0. The highest BCUT2D eigenvalue weighted by atomic mass is 35.6. The van der Waals surface area contributed by atoms with Gasteiger partial charge in [-0.2, -0.15) is 0 Å². The van der Waals surface area contributed by atoms with Crippen LogP contribution in [0.25, 0.3) is 0 Å². The van der Waals surface area contributed by atoms with E-state index in [1.54, 1.807) is 0 Å². The number of unbranched alkanes of at least 4 members (excludes halogenated alkanes) is 8. The molecule has 0 aliphatic rings. The molecule has 0 saturated carbocycles. The molecule has 0 heterocycles. The van der Waals surface area contributed by atoms with Crippen LogP contribution >= 0.6 is 34.8 Å². The molecule has 0 atom stereocenters. The number of halogens is 3. The molecule has 0 aromatic heterocycles. The second-order valence-electron chi connectivity index (χ2n) is 4.30. The van der Waals surface area contributed by atoms with Crippen LogP contribution < -0.4 is 0 Å². The van der Waals surface area contributed by atoms with Crippen LogP contribution in [0.5, 0.6) is 0 Å². The van der Waals surface area contributed by atoms with Crippen molar-refractivity contribution in [3.8, 4) is 0 Å². The monoisotopic (exact) mass is 299 g/mol. The minimum atomic E-state index is -1.05. The van der Waals surface area contributed by atoms with Crippen molar-refractivity contribution in [3.05, 3.63) is 0 Å². The average Bonchev–Trinajstić information content (AvgIpc) is 2.19. The predicted molar refractivity (Wildman–Crippen MR) is 77.0 cm³/mol. The lowest BCUT2D eigenvalue weighted by molar-refractivity contribution is 0.558. The minimum Gasteiger partial charge on any atom is -0.0837 e. The molecule has 0 fully saturated rings. The Balaban J connectivity index is 2.99. The molecule has 0 aromatic carbocycles. The summed E-state index contributed by atoms with van der Waals surface area (Å²) in [6.07, 6.45) is 12.3. The summed E-state index contributed by atoms with van der Waals surface area (Å²) in [7, 11) is 3.49. The van der Waals surface area contributed by atoms with Crippen molar-refractivity contribution in [3.63, 3.8) is 0 Å². The van der Waals surface area contributed by atoms with E-state index in [0.717, 1.165) is 12.5 Å². The molecule has 0 spiro atoms. The fraction of sp³-hybridized carbons (Fsp3) is 1.00. The van der Waals surface area contributed by atoms with Crippen molar-refractivity contribution in [1.29, 1.82) is 0 Å². The van der Waals surface area contributed by atoms with E-state index in [4.69, 9.17) is 34.8 Å². The summed E-state index contributed by atoms with van der Waals surface area (Å²) in [5.41, 5.74) is 0. The van der Waals surface area contributed by atoms with Crippen LogP contribution in [0.3, 0.4) is 0 Å². The van der Waals surface area contributed by atoms with Gasteiger partial charge in [-0.3, -0.25) is 0 Å². The first-order valence-electron chi connectivity index (χ1n) is 6.27. The molecular formula is C12H22Cl3Si. The largest absolute Gasteiger partial charge is 0.190 e. The van der Waals surface area contributed by atoms with E-state index >= 15 is 0 Å². The molecule has 0 unspecified atom stereocenters. The van der Waals surface area contributed by atoms with Gasteiger partial charge < -0.3 is 0 Å². The lowest BCUT2D eigenvalue weighted by atomic mass is 10.1. The average molecular weight is 301 g/mol. The van der Waals surface area contributed by atoms with Gasteiger partial charge in [-0.15, -0.1) is 0 Å². The summed E-state index contributed by atoms with van der Waals surface area (Å²) in [4.78, 5) is 0. The summed E-state index contributed by atoms with van der Waals surface area (Å²) in [5.74, 6) is 0. The first-order chi connectivity index (χ1) is 7.56. The van der Waals surface area contributed by atoms with Crippen molar-refractivity contribution in [1.82, 2.24) is 0 Å². The molecule has 0 N–H and O–H groups in total. The third-order valence-electron chi connectivity index (χ3n) is 2.64. The van der Waals surface area contributed by atoms with E-state index in [9.17, 15) is 0 Å². The highest BCUT2D eigenvalue weighted by Gasteiger charge is 2.17. The van der Waals surface area contributed by atoms with Crippen molar-refractivity contribution in [2.45, 2.75) is 74.0 Å². The smallest absolute Gasteiger partial charge is 0.0837 e. The van der Waals surface area contributed by atoms with E-state index in [-0.39, 0.29) is 0 Å². The lowest BCUT2D eigenvalue weighted by Crippen LogP contribution is -2.00. The third-order valence-corrected chi connectivity index (χ3v) is 3.56. The van der Waals surface area contributed by atoms with E-state index in [0.29, 0.717) is 6.42 Å². The zero-order valence-corrected chi connectivity index (χ0v) is 13.2. The summed E-state index contributed by atoms with van der Waals surface area (Å²) < 4.78 is -1.05. The Bertz CT molecular complexity index is 146. The molecule has 95 valence electrons. The number of alkyl halides is 3. The lowest BCUT2D eigenvalue weighted by Gasteiger charge is -2.09. The van der Waals surface area contributed by atoms with Crippen LogP contribution in [-0.2, 0) is 0 Å². The molecule has 0 bridgehead atoms. The Labute approximate surface area is 119 Å². The van der Waals surface area contributed by atoms with Gasteiger partial charge in [0.2, 0.25) is 0 Å². The van der Waals surface area contributed by atoms with E-state index < -0.39 is 3.79 Å². The Morgan fingerprint density at radius 3 is 1.38 bits per heavy atom. The van der Waals surface area contributed by atoms with E-state index in [2.05, 4.69) is 10.2 Å². The SMILES string of the molecule is [Si]CCCCCCCCCCCC(Cl)(Cl)Cl. The maximum atomic E-state index is 5.67. The quantitative estimate of drug-likeness (QED) is 0.270. The van der Waals surface area contributed by atoms with Crippen molar-refractivity contribution in [2.24, 2.45) is 0 Å². The summed E-state index contributed by atoms with van der Waals surface area (Å²) >= 11 is 17.0. The number of rotatable bonds is 10. The van der Waals surface area contributed by atoms with Crippen molar-refractivity contribution in [2.75, 3.05) is 0 Å². The first-order valence-corrected chi connectivity index (χ1v) is 8.12. The van der Waals surface area contributed by atoms with Crippen LogP contribution in [0.4, 0.5) is 0 Å². The summed E-state index contributed by atoms with van der Waals surface area (Å²) in [5, 5.41) is 0. The second kappa shape index (κ2) is 11.2. The minimum absolute atomic E-state index is 0.683.